The van der Waals surface area contributed by atoms with Crippen LogP contribution in [0.2, 0.25) is 0 Å². The molecule has 0 saturated heterocycles. The number of amides is 1. The van der Waals surface area contributed by atoms with E-state index in [4.69, 9.17) is 14.5 Å². The van der Waals surface area contributed by atoms with Gasteiger partial charge in [-0.05, 0) is 50.2 Å². The minimum Gasteiger partial charge on any atom is -0.486 e. The highest BCUT2D eigenvalue weighted by Gasteiger charge is 2.23. The number of hydrogen-bond donors (Lipinski definition) is 0. The number of carbonyl (C=O) groups excluding carboxylic acids is 1. The van der Waals surface area contributed by atoms with Crippen LogP contribution in [0.5, 0.6) is 11.5 Å². The molecule has 34 heavy (non-hydrogen) atoms. The highest BCUT2D eigenvalue weighted by molar-refractivity contribution is 6.13. The Morgan fingerprint density at radius 1 is 1.03 bits per heavy atom. The summed E-state index contributed by atoms with van der Waals surface area (Å²) in [4.78, 5) is 19.6. The number of hydrogen-bond acceptors (Lipinski definition) is 5. The fraction of sp³-hybridized carbons (Fsp3) is 0.240. The van der Waals surface area contributed by atoms with E-state index in [1.54, 1.807) is 16.9 Å². The summed E-state index contributed by atoms with van der Waals surface area (Å²) in [5.74, 6) is -1.15. The number of ether oxygens (including phenoxy) is 2. The topological polar surface area (TPSA) is 69.5 Å². The molecular weight excluding hydrogens is 442 g/mol. The first kappa shape index (κ1) is 21.8. The van der Waals surface area contributed by atoms with E-state index in [9.17, 15) is 13.6 Å². The fourth-order valence-corrected chi connectivity index (χ4v) is 3.92. The Kier molecular flexibility index (Phi) is 5.39. The lowest BCUT2D eigenvalue weighted by atomic mass is 10.0. The van der Waals surface area contributed by atoms with Gasteiger partial charge in [0.15, 0.2) is 28.8 Å². The number of fused-ring (bicyclic) bond motifs is 2. The molecule has 0 fully saturated rings. The summed E-state index contributed by atoms with van der Waals surface area (Å²) in [7, 11) is 1.51. The van der Waals surface area contributed by atoms with E-state index in [1.807, 2.05) is 32.0 Å². The highest BCUT2D eigenvalue weighted by Crippen LogP contribution is 2.35. The van der Waals surface area contributed by atoms with Crippen molar-refractivity contribution in [3.05, 3.63) is 65.9 Å². The van der Waals surface area contributed by atoms with Crippen LogP contribution >= 0.6 is 0 Å². The SMILES string of the molecule is CC(C)n1ncc2c(C(=O)N(C)c3ccc(F)c(F)c3)cc(-c3ccc4c(c3)OCCO4)nc21. The van der Waals surface area contributed by atoms with Gasteiger partial charge in [0, 0.05) is 30.4 Å². The van der Waals surface area contributed by atoms with Crippen molar-refractivity contribution in [1.29, 1.82) is 0 Å². The molecule has 2 aromatic carbocycles. The van der Waals surface area contributed by atoms with E-state index in [-0.39, 0.29) is 11.7 Å². The molecule has 1 aliphatic heterocycles. The maximum Gasteiger partial charge on any atom is 0.258 e. The van der Waals surface area contributed by atoms with Crippen molar-refractivity contribution in [3.8, 4) is 22.8 Å². The predicted octanol–water partition coefficient (Wildman–Crippen LogP) is 5.01. The number of carbonyl (C=O) groups is 1. The van der Waals surface area contributed by atoms with Gasteiger partial charge in [-0.2, -0.15) is 5.10 Å². The van der Waals surface area contributed by atoms with Crippen LogP contribution in [0.15, 0.2) is 48.7 Å². The first-order chi connectivity index (χ1) is 16.3. The van der Waals surface area contributed by atoms with Crippen LogP contribution in [0.1, 0.15) is 30.2 Å². The molecule has 0 N–H and O–H groups in total. The van der Waals surface area contributed by atoms with Gasteiger partial charge in [0.05, 0.1) is 22.8 Å². The first-order valence-corrected chi connectivity index (χ1v) is 10.8. The molecule has 1 aliphatic rings. The molecular formula is C25H22F2N4O3. The number of aromatic nitrogens is 3. The van der Waals surface area contributed by atoms with Gasteiger partial charge in [0.25, 0.3) is 5.91 Å². The first-order valence-electron chi connectivity index (χ1n) is 10.8. The summed E-state index contributed by atoms with van der Waals surface area (Å²) in [5, 5.41) is 4.99. The predicted molar refractivity (Wildman–Crippen MR) is 123 cm³/mol. The highest BCUT2D eigenvalue weighted by atomic mass is 19.2. The van der Waals surface area contributed by atoms with Crippen molar-refractivity contribution in [2.45, 2.75) is 19.9 Å². The molecule has 0 spiro atoms. The number of nitrogens with zero attached hydrogens (tertiary/aromatic N) is 4. The lowest BCUT2D eigenvalue weighted by molar-refractivity contribution is 0.0994. The Balaban J connectivity index is 1.65. The molecule has 0 aliphatic carbocycles. The minimum absolute atomic E-state index is 0.00684. The zero-order valence-corrected chi connectivity index (χ0v) is 18.9. The average molecular weight is 464 g/mol. The molecule has 2 aromatic heterocycles. The van der Waals surface area contributed by atoms with Gasteiger partial charge < -0.3 is 14.4 Å². The van der Waals surface area contributed by atoms with Crippen LogP contribution < -0.4 is 14.4 Å². The van der Waals surface area contributed by atoms with Crippen LogP contribution in [0.4, 0.5) is 14.5 Å². The maximum absolute atomic E-state index is 13.8. The van der Waals surface area contributed by atoms with Crippen molar-refractivity contribution < 1.29 is 23.0 Å². The molecule has 4 aromatic rings. The molecule has 174 valence electrons. The number of rotatable bonds is 4. The van der Waals surface area contributed by atoms with Crippen molar-refractivity contribution in [1.82, 2.24) is 14.8 Å². The number of halogens is 2. The van der Waals surface area contributed by atoms with Gasteiger partial charge >= 0.3 is 0 Å². The van der Waals surface area contributed by atoms with Gasteiger partial charge in [0.2, 0.25) is 0 Å². The summed E-state index contributed by atoms with van der Waals surface area (Å²) in [6, 6.07) is 10.5. The largest absolute Gasteiger partial charge is 0.486 e. The smallest absolute Gasteiger partial charge is 0.258 e. The Labute approximate surface area is 194 Å². The third-order valence-corrected chi connectivity index (χ3v) is 5.72. The van der Waals surface area contributed by atoms with E-state index in [2.05, 4.69) is 5.10 Å². The zero-order chi connectivity index (χ0) is 24.0. The zero-order valence-electron chi connectivity index (χ0n) is 18.9. The van der Waals surface area contributed by atoms with E-state index in [1.165, 1.54) is 18.0 Å². The summed E-state index contributed by atoms with van der Waals surface area (Å²) < 4.78 is 40.3. The lowest BCUT2D eigenvalue weighted by Gasteiger charge is -2.20. The molecule has 5 rings (SSSR count). The number of anilines is 1. The molecule has 7 nitrogen and oxygen atoms in total. The van der Waals surface area contributed by atoms with Crippen LogP contribution in [0, 0.1) is 11.6 Å². The third-order valence-electron chi connectivity index (χ3n) is 5.72. The second-order valence-corrected chi connectivity index (χ2v) is 8.30. The molecule has 0 atom stereocenters. The Bertz CT molecular complexity index is 1420. The normalized spacial score (nSPS) is 12.9. The fourth-order valence-electron chi connectivity index (χ4n) is 3.92. The number of benzene rings is 2. The van der Waals surface area contributed by atoms with E-state index < -0.39 is 17.5 Å². The molecule has 0 bridgehead atoms. The van der Waals surface area contributed by atoms with Crippen molar-refractivity contribution in [2.75, 3.05) is 25.2 Å². The average Bonchev–Trinajstić information content (AvgIpc) is 3.28. The summed E-state index contributed by atoms with van der Waals surface area (Å²) in [6.07, 6.45) is 1.60. The quantitative estimate of drug-likeness (QED) is 0.425. The summed E-state index contributed by atoms with van der Waals surface area (Å²) in [5.41, 5.74) is 2.41. The minimum atomic E-state index is -1.03. The van der Waals surface area contributed by atoms with Crippen LogP contribution in [-0.4, -0.2) is 40.9 Å². The van der Waals surface area contributed by atoms with Crippen LogP contribution in [0.25, 0.3) is 22.3 Å². The molecule has 0 radical (unpaired) electrons. The van der Waals surface area contributed by atoms with E-state index in [0.717, 1.165) is 17.7 Å². The van der Waals surface area contributed by atoms with E-state index >= 15 is 0 Å². The van der Waals surface area contributed by atoms with Gasteiger partial charge in [-0.1, -0.05) is 0 Å². The Morgan fingerprint density at radius 2 is 1.79 bits per heavy atom. The molecule has 3 heterocycles. The van der Waals surface area contributed by atoms with Gasteiger partial charge in [-0.3, -0.25) is 4.79 Å². The number of pyridine rings is 1. The van der Waals surface area contributed by atoms with E-state index in [0.29, 0.717) is 47.0 Å². The Morgan fingerprint density at radius 3 is 2.53 bits per heavy atom. The summed E-state index contributed by atoms with van der Waals surface area (Å²) >= 11 is 0. The van der Waals surface area contributed by atoms with Crippen molar-refractivity contribution in [2.24, 2.45) is 0 Å². The van der Waals surface area contributed by atoms with Crippen LogP contribution in [-0.2, 0) is 0 Å². The summed E-state index contributed by atoms with van der Waals surface area (Å²) in [6.45, 7) is 4.88. The Hall–Kier alpha value is -4.01. The van der Waals surface area contributed by atoms with Crippen LogP contribution in [0.3, 0.4) is 0 Å². The second kappa shape index (κ2) is 8.40. The molecule has 1 amide bonds. The van der Waals surface area contributed by atoms with Gasteiger partial charge in [0.1, 0.15) is 13.2 Å². The van der Waals surface area contributed by atoms with Gasteiger partial charge in [-0.15, -0.1) is 0 Å². The maximum atomic E-state index is 13.8. The van der Waals surface area contributed by atoms with Gasteiger partial charge in [-0.25, -0.2) is 18.4 Å². The monoisotopic (exact) mass is 464 g/mol. The molecule has 0 saturated carbocycles. The second-order valence-electron chi connectivity index (χ2n) is 8.30. The van der Waals surface area contributed by atoms with Crippen molar-refractivity contribution >= 4 is 22.6 Å². The third kappa shape index (κ3) is 3.72. The molecule has 9 heteroatoms. The lowest BCUT2D eigenvalue weighted by Crippen LogP contribution is -2.26. The van der Waals surface area contributed by atoms with Crippen molar-refractivity contribution in [3.63, 3.8) is 0 Å². The standard InChI is InChI=1S/C25H22F2N4O3/c1-14(2)31-24-18(13-28-31)17(25(32)30(3)16-5-6-19(26)20(27)11-16)12-21(29-24)15-4-7-22-23(10-15)34-9-8-33-22/h4-7,10-14H,8-9H2,1-3H3. The molecule has 0 unspecified atom stereocenters.